The van der Waals surface area contributed by atoms with E-state index in [0.29, 0.717) is 0 Å². The molecule has 2 unspecified atom stereocenters. The standard InChI is InChI=1S/C15H29/c1-3-5-7-10-15-12-8-11-14(13-15)9-6-4-2/h3,14-15H,4-13H2,1-2H3. The van der Waals surface area contributed by atoms with Crippen LogP contribution in [0.3, 0.4) is 0 Å². The molecule has 0 heterocycles. The third-order valence-corrected chi connectivity index (χ3v) is 3.96. The maximum absolute atomic E-state index is 2.32. The van der Waals surface area contributed by atoms with Crippen LogP contribution in [0.4, 0.5) is 0 Å². The fourth-order valence-electron chi connectivity index (χ4n) is 3.03. The molecule has 0 aliphatic heterocycles. The summed E-state index contributed by atoms with van der Waals surface area (Å²) in [4.78, 5) is 0. The van der Waals surface area contributed by atoms with Crippen LogP contribution < -0.4 is 0 Å². The highest BCUT2D eigenvalue weighted by atomic mass is 14.3. The van der Waals surface area contributed by atoms with Crippen molar-refractivity contribution >= 4 is 0 Å². The molecule has 0 nitrogen and oxygen atoms in total. The van der Waals surface area contributed by atoms with Crippen LogP contribution in [0.15, 0.2) is 0 Å². The van der Waals surface area contributed by atoms with Gasteiger partial charge in [0.15, 0.2) is 0 Å². The highest BCUT2D eigenvalue weighted by molar-refractivity contribution is 4.73. The summed E-state index contributed by atoms with van der Waals surface area (Å²) in [5.41, 5.74) is 0. The second-order valence-electron chi connectivity index (χ2n) is 5.38. The van der Waals surface area contributed by atoms with Gasteiger partial charge in [0.2, 0.25) is 0 Å². The topological polar surface area (TPSA) is 0 Å². The van der Waals surface area contributed by atoms with Crippen molar-refractivity contribution in [2.45, 2.75) is 78.1 Å². The van der Waals surface area contributed by atoms with Crippen LogP contribution in [0, 0.1) is 18.3 Å². The third kappa shape index (κ3) is 5.58. The van der Waals surface area contributed by atoms with Crippen molar-refractivity contribution in [3.63, 3.8) is 0 Å². The van der Waals surface area contributed by atoms with Gasteiger partial charge < -0.3 is 0 Å². The number of rotatable bonds is 7. The van der Waals surface area contributed by atoms with Crippen molar-refractivity contribution in [2.75, 3.05) is 0 Å². The Labute approximate surface area is 96.8 Å². The van der Waals surface area contributed by atoms with E-state index in [9.17, 15) is 0 Å². The second-order valence-corrected chi connectivity index (χ2v) is 5.38. The van der Waals surface area contributed by atoms with Gasteiger partial charge >= 0.3 is 0 Å². The lowest BCUT2D eigenvalue weighted by Crippen LogP contribution is -2.15. The average molecular weight is 209 g/mol. The van der Waals surface area contributed by atoms with Crippen LogP contribution in [0.1, 0.15) is 78.1 Å². The van der Waals surface area contributed by atoms with E-state index >= 15 is 0 Å². The molecule has 0 saturated heterocycles. The van der Waals surface area contributed by atoms with E-state index in [1.54, 1.807) is 6.42 Å². The van der Waals surface area contributed by atoms with E-state index in [1.165, 1.54) is 57.8 Å². The van der Waals surface area contributed by atoms with Gasteiger partial charge in [0.25, 0.3) is 0 Å². The Balaban J connectivity index is 2.11. The minimum atomic E-state index is 1.07. The van der Waals surface area contributed by atoms with Gasteiger partial charge in [-0.3, -0.25) is 0 Å². The lowest BCUT2D eigenvalue weighted by Gasteiger charge is -2.29. The highest BCUT2D eigenvalue weighted by Gasteiger charge is 2.20. The van der Waals surface area contributed by atoms with Crippen LogP contribution in [-0.4, -0.2) is 0 Å². The monoisotopic (exact) mass is 209 g/mol. The molecule has 0 aromatic heterocycles. The van der Waals surface area contributed by atoms with Crippen LogP contribution in [0.5, 0.6) is 0 Å². The summed E-state index contributed by atoms with van der Waals surface area (Å²) >= 11 is 0. The van der Waals surface area contributed by atoms with Gasteiger partial charge in [-0.25, -0.2) is 0 Å². The summed E-state index contributed by atoms with van der Waals surface area (Å²) in [6.45, 7) is 4.50. The Kier molecular flexibility index (Phi) is 7.13. The zero-order valence-electron chi connectivity index (χ0n) is 10.8. The van der Waals surface area contributed by atoms with E-state index in [2.05, 4.69) is 20.3 Å². The molecule has 1 fully saturated rings. The van der Waals surface area contributed by atoms with Crippen molar-refractivity contribution in [3.8, 4) is 0 Å². The molecular formula is C15H29. The molecule has 1 saturated carbocycles. The molecule has 2 atom stereocenters. The summed E-state index contributed by atoms with van der Waals surface area (Å²) < 4.78 is 0. The molecule has 0 amide bonds. The van der Waals surface area contributed by atoms with Gasteiger partial charge in [0.1, 0.15) is 0 Å². The van der Waals surface area contributed by atoms with Crippen LogP contribution in [0.25, 0.3) is 0 Å². The molecule has 1 radical (unpaired) electrons. The number of hydrogen-bond acceptors (Lipinski definition) is 0. The molecule has 0 heteroatoms. The van der Waals surface area contributed by atoms with Gasteiger partial charge in [-0.1, -0.05) is 71.6 Å². The zero-order valence-corrected chi connectivity index (χ0v) is 10.8. The largest absolute Gasteiger partial charge is 0.0654 e. The molecule has 89 valence electrons. The predicted octanol–water partition coefficient (Wildman–Crippen LogP) is 5.38. The Hall–Kier alpha value is 0. The summed E-state index contributed by atoms with van der Waals surface area (Å²) in [6, 6.07) is 0. The average Bonchev–Trinajstić information content (AvgIpc) is 2.27. The second kappa shape index (κ2) is 8.19. The van der Waals surface area contributed by atoms with Gasteiger partial charge in [0, 0.05) is 0 Å². The molecule has 0 bridgehead atoms. The van der Waals surface area contributed by atoms with Crippen molar-refractivity contribution in [2.24, 2.45) is 11.8 Å². The minimum Gasteiger partial charge on any atom is -0.0654 e. The maximum Gasteiger partial charge on any atom is -0.0412 e. The number of hydrogen-bond donors (Lipinski definition) is 0. The first-order valence-electron chi connectivity index (χ1n) is 7.14. The molecule has 15 heavy (non-hydrogen) atoms. The van der Waals surface area contributed by atoms with Gasteiger partial charge in [-0.15, -0.1) is 0 Å². The Morgan fingerprint density at radius 1 is 1.07 bits per heavy atom. The normalized spacial score (nSPS) is 26.8. The van der Waals surface area contributed by atoms with E-state index in [4.69, 9.17) is 0 Å². The van der Waals surface area contributed by atoms with E-state index < -0.39 is 0 Å². The molecule has 1 rings (SSSR count). The highest BCUT2D eigenvalue weighted by Crippen LogP contribution is 2.34. The van der Waals surface area contributed by atoms with E-state index in [-0.39, 0.29) is 0 Å². The Morgan fingerprint density at radius 2 is 1.73 bits per heavy atom. The summed E-state index contributed by atoms with van der Waals surface area (Å²) in [5.74, 6) is 2.15. The summed E-state index contributed by atoms with van der Waals surface area (Å²) in [7, 11) is 0. The van der Waals surface area contributed by atoms with Crippen LogP contribution >= 0.6 is 0 Å². The smallest absolute Gasteiger partial charge is 0.0412 e. The molecule has 1 aliphatic rings. The first kappa shape index (κ1) is 13.1. The van der Waals surface area contributed by atoms with Crippen molar-refractivity contribution in [3.05, 3.63) is 6.42 Å². The molecule has 0 aromatic rings. The van der Waals surface area contributed by atoms with Crippen molar-refractivity contribution in [1.82, 2.24) is 0 Å². The van der Waals surface area contributed by atoms with E-state index in [0.717, 1.165) is 11.8 Å². The van der Waals surface area contributed by atoms with Crippen molar-refractivity contribution < 1.29 is 0 Å². The van der Waals surface area contributed by atoms with Gasteiger partial charge in [-0.05, 0) is 24.7 Å². The first-order chi connectivity index (χ1) is 7.36. The quantitative estimate of drug-likeness (QED) is 0.494. The predicted molar refractivity (Wildman–Crippen MR) is 68.8 cm³/mol. The number of unbranched alkanes of at least 4 members (excludes halogenated alkanes) is 3. The van der Waals surface area contributed by atoms with Gasteiger partial charge in [0.05, 0.1) is 0 Å². The van der Waals surface area contributed by atoms with Crippen molar-refractivity contribution in [1.29, 1.82) is 0 Å². The molecular weight excluding hydrogens is 180 g/mol. The summed E-state index contributed by atoms with van der Waals surface area (Å²) in [6.07, 6.45) is 17.0. The van der Waals surface area contributed by atoms with Gasteiger partial charge in [-0.2, -0.15) is 0 Å². The minimum absolute atomic E-state index is 1.07. The Bertz CT molecular complexity index is 139. The summed E-state index contributed by atoms with van der Waals surface area (Å²) in [5, 5.41) is 0. The first-order valence-corrected chi connectivity index (χ1v) is 7.14. The maximum atomic E-state index is 2.32. The lowest BCUT2D eigenvalue weighted by molar-refractivity contribution is 0.237. The third-order valence-electron chi connectivity index (χ3n) is 3.96. The molecule has 0 spiro atoms. The molecule has 1 aliphatic carbocycles. The molecule has 0 N–H and O–H groups in total. The van der Waals surface area contributed by atoms with E-state index in [1.807, 2.05) is 0 Å². The Morgan fingerprint density at radius 3 is 2.33 bits per heavy atom. The van der Waals surface area contributed by atoms with Crippen LogP contribution in [-0.2, 0) is 0 Å². The molecule has 0 aromatic carbocycles. The fraction of sp³-hybridized carbons (Fsp3) is 0.933. The zero-order chi connectivity index (χ0) is 10.9. The lowest BCUT2D eigenvalue weighted by atomic mass is 9.77. The fourth-order valence-corrected chi connectivity index (χ4v) is 3.03. The van der Waals surface area contributed by atoms with Crippen LogP contribution in [0.2, 0.25) is 0 Å². The SMILES string of the molecule is C[CH]CCCC1CCCC(CCCC)C1.